The van der Waals surface area contributed by atoms with Gasteiger partial charge in [0, 0.05) is 18.6 Å². The minimum absolute atomic E-state index is 0.0825. The van der Waals surface area contributed by atoms with Gasteiger partial charge in [-0.3, -0.25) is 15.1 Å². The summed E-state index contributed by atoms with van der Waals surface area (Å²) in [5.74, 6) is -0.215. The van der Waals surface area contributed by atoms with Gasteiger partial charge in [0.25, 0.3) is 5.95 Å². The summed E-state index contributed by atoms with van der Waals surface area (Å²) in [6, 6.07) is 3.69. The van der Waals surface area contributed by atoms with Crippen LogP contribution in [0.5, 0.6) is 0 Å². The second kappa shape index (κ2) is 6.74. The first-order valence-corrected chi connectivity index (χ1v) is 7.72. The fourth-order valence-electron chi connectivity index (χ4n) is 2.19. The zero-order chi connectivity index (χ0) is 19.7. The summed E-state index contributed by atoms with van der Waals surface area (Å²) in [6.45, 7) is 3.12. The Labute approximate surface area is 151 Å². The molecule has 0 saturated carbocycles. The summed E-state index contributed by atoms with van der Waals surface area (Å²) in [5, 5.41) is 6.55. The van der Waals surface area contributed by atoms with Crippen molar-refractivity contribution < 1.29 is 18.0 Å². The number of carbonyl (C=O) groups excluding carboxylic acids is 1. The summed E-state index contributed by atoms with van der Waals surface area (Å²) in [4.78, 5) is 28.1. The zero-order valence-corrected chi connectivity index (χ0v) is 14.3. The molecular weight excluding hydrogens is 363 g/mol. The van der Waals surface area contributed by atoms with Gasteiger partial charge >= 0.3 is 6.18 Å². The van der Waals surface area contributed by atoms with Gasteiger partial charge in [-0.1, -0.05) is 6.07 Å². The van der Waals surface area contributed by atoms with E-state index in [4.69, 9.17) is 0 Å². The maximum absolute atomic E-state index is 12.7. The predicted molar refractivity (Wildman–Crippen MR) is 87.8 cm³/mol. The lowest BCUT2D eigenvalue weighted by atomic mass is 9.84. The molecular formula is C16H14F3N7O. The van der Waals surface area contributed by atoms with Crippen molar-refractivity contribution in [3.05, 3.63) is 54.4 Å². The first kappa shape index (κ1) is 18.4. The average molecular weight is 377 g/mol. The van der Waals surface area contributed by atoms with Crippen LogP contribution < -0.4 is 5.32 Å². The van der Waals surface area contributed by atoms with Gasteiger partial charge in [-0.2, -0.15) is 27.9 Å². The minimum Gasteiger partial charge on any atom is -0.294 e. The quantitative estimate of drug-likeness (QED) is 0.750. The average Bonchev–Trinajstić information content (AvgIpc) is 3.10. The van der Waals surface area contributed by atoms with Gasteiger partial charge in [-0.25, -0.2) is 9.97 Å². The summed E-state index contributed by atoms with van der Waals surface area (Å²) in [6.07, 6.45) is 0.726. The number of pyridine rings is 1. The Balaban J connectivity index is 1.83. The number of amides is 1. The summed E-state index contributed by atoms with van der Waals surface area (Å²) in [5.41, 5.74) is -1.88. The first-order chi connectivity index (χ1) is 12.7. The van der Waals surface area contributed by atoms with Gasteiger partial charge in [-0.05, 0) is 31.5 Å². The molecule has 0 spiro atoms. The largest absolute Gasteiger partial charge is 0.433 e. The second-order valence-corrected chi connectivity index (χ2v) is 6.05. The van der Waals surface area contributed by atoms with Crippen molar-refractivity contribution in [2.75, 3.05) is 5.32 Å². The molecule has 0 aliphatic rings. The molecule has 1 amide bonds. The smallest absolute Gasteiger partial charge is 0.294 e. The van der Waals surface area contributed by atoms with Crippen LogP contribution in [0, 0.1) is 0 Å². The van der Waals surface area contributed by atoms with E-state index in [-0.39, 0.29) is 11.9 Å². The lowest BCUT2D eigenvalue weighted by molar-refractivity contribution is -0.141. The van der Waals surface area contributed by atoms with E-state index in [0.717, 1.165) is 12.3 Å². The maximum atomic E-state index is 12.7. The molecule has 0 saturated heterocycles. The topological polar surface area (TPSA) is 98.5 Å². The molecule has 140 valence electrons. The Bertz CT molecular complexity index is 937. The molecule has 3 rings (SSSR count). The van der Waals surface area contributed by atoms with E-state index in [0.29, 0.717) is 5.56 Å². The van der Waals surface area contributed by atoms with Gasteiger partial charge in [0.15, 0.2) is 0 Å². The number of alkyl halides is 3. The highest BCUT2D eigenvalue weighted by molar-refractivity contribution is 5.97. The van der Waals surface area contributed by atoms with E-state index >= 15 is 0 Å². The van der Waals surface area contributed by atoms with Crippen molar-refractivity contribution >= 4 is 11.9 Å². The highest BCUT2D eigenvalue weighted by Crippen LogP contribution is 2.30. The number of anilines is 1. The zero-order valence-electron chi connectivity index (χ0n) is 14.3. The molecule has 3 heterocycles. The van der Waals surface area contributed by atoms with Crippen LogP contribution in [0.2, 0.25) is 0 Å². The standard InChI is InChI=1S/C16H14F3N7O/c1-15(2,10-4-5-11(22-8-10)16(17,18)19)12(27)25-14-23-9-24-26(14)13-20-6-3-7-21-13/h3-9H,1-2H3,(H,23,24,25,27). The van der Waals surface area contributed by atoms with Gasteiger partial charge in [0.1, 0.15) is 12.0 Å². The molecule has 1 N–H and O–H groups in total. The molecule has 3 aromatic heterocycles. The molecule has 0 aliphatic carbocycles. The highest BCUT2D eigenvalue weighted by Gasteiger charge is 2.35. The molecule has 0 aliphatic heterocycles. The summed E-state index contributed by atoms with van der Waals surface area (Å²) < 4.78 is 39.2. The number of nitrogens with one attached hydrogen (secondary N) is 1. The molecule has 27 heavy (non-hydrogen) atoms. The van der Waals surface area contributed by atoms with Crippen LogP contribution in [-0.4, -0.2) is 35.6 Å². The van der Waals surface area contributed by atoms with Crippen LogP contribution in [0.15, 0.2) is 43.1 Å². The van der Waals surface area contributed by atoms with E-state index in [9.17, 15) is 18.0 Å². The van der Waals surface area contributed by atoms with Crippen LogP contribution in [0.4, 0.5) is 19.1 Å². The van der Waals surface area contributed by atoms with Gasteiger partial charge in [-0.15, -0.1) is 0 Å². The summed E-state index contributed by atoms with van der Waals surface area (Å²) >= 11 is 0. The number of nitrogens with zero attached hydrogens (tertiary/aromatic N) is 6. The first-order valence-electron chi connectivity index (χ1n) is 7.72. The Morgan fingerprint density at radius 3 is 2.37 bits per heavy atom. The van der Waals surface area contributed by atoms with Crippen molar-refractivity contribution in [3.8, 4) is 5.95 Å². The lowest BCUT2D eigenvalue weighted by Gasteiger charge is -2.23. The van der Waals surface area contributed by atoms with Gasteiger partial charge < -0.3 is 0 Å². The molecule has 0 unspecified atom stereocenters. The Morgan fingerprint density at radius 2 is 1.78 bits per heavy atom. The van der Waals surface area contributed by atoms with Crippen molar-refractivity contribution in [2.24, 2.45) is 0 Å². The third-order valence-corrected chi connectivity index (χ3v) is 3.86. The predicted octanol–water partition coefficient (Wildman–Crippen LogP) is 2.39. The number of hydrogen-bond donors (Lipinski definition) is 1. The molecule has 0 fully saturated rings. The lowest BCUT2D eigenvalue weighted by Crippen LogP contribution is -2.36. The monoisotopic (exact) mass is 377 g/mol. The van der Waals surface area contributed by atoms with Crippen LogP contribution in [0.1, 0.15) is 25.1 Å². The molecule has 3 aromatic rings. The Hall–Kier alpha value is -3.37. The van der Waals surface area contributed by atoms with Crippen molar-refractivity contribution in [1.29, 1.82) is 0 Å². The van der Waals surface area contributed by atoms with E-state index in [1.165, 1.54) is 29.5 Å². The molecule has 0 bridgehead atoms. The maximum Gasteiger partial charge on any atom is 0.433 e. The van der Waals surface area contributed by atoms with Crippen LogP contribution in [0.25, 0.3) is 5.95 Å². The number of aromatic nitrogens is 6. The van der Waals surface area contributed by atoms with E-state index in [1.54, 1.807) is 19.9 Å². The van der Waals surface area contributed by atoms with Gasteiger partial charge in [0.05, 0.1) is 5.41 Å². The highest BCUT2D eigenvalue weighted by atomic mass is 19.4. The minimum atomic E-state index is -4.54. The molecule has 0 aromatic carbocycles. The fourth-order valence-corrected chi connectivity index (χ4v) is 2.19. The fraction of sp³-hybridized carbons (Fsp3) is 0.250. The second-order valence-electron chi connectivity index (χ2n) is 6.05. The molecule has 0 atom stereocenters. The molecule has 8 nitrogen and oxygen atoms in total. The van der Waals surface area contributed by atoms with Crippen LogP contribution in [-0.2, 0) is 16.4 Å². The number of hydrogen-bond acceptors (Lipinski definition) is 6. The molecule has 0 radical (unpaired) electrons. The Morgan fingerprint density at radius 1 is 1.07 bits per heavy atom. The van der Waals surface area contributed by atoms with Crippen molar-refractivity contribution in [2.45, 2.75) is 25.4 Å². The number of halogens is 3. The third-order valence-electron chi connectivity index (χ3n) is 3.86. The van der Waals surface area contributed by atoms with Crippen molar-refractivity contribution in [3.63, 3.8) is 0 Å². The van der Waals surface area contributed by atoms with Crippen LogP contribution in [0.3, 0.4) is 0 Å². The third kappa shape index (κ3) is 3.76. The van der Waals surface area contributed by atoms with Gasteiger partial charge in [0.2, 0.25) is 11.9 Å². The SMILES string of the molecule is CC(C)(C(=O)Nc1ncnn1-c1ncccn1)c1ccc(C(F)(F)F)nc1. The van der Waals surface area contributed by atoms with E-state index < -0.39 is 23.2 Å². The number of carbonyl (C=O) groups is 1. The van der Waals surface area contributed by atoms with E-state index in [2.05, 4.69) is 30.4 Å². The Kier molecular flexibility index (Phi) is 4.60. The van der Waals surface area contributed by atoms with Crippen molar-refractivity contribution in [1.82, 2.24) is 29.7 Å². The van der Waals surface area contributed by atoms with E-state index in [1.807, 2.05) is 0 Å². The molecule has 11 heteroatoms. The summed E-state index contributed by atoms with van der Waals surface area (Å²) in [7, 11) is 0. The van der Waals surface area contributed by atoms with Crippen LogP contribution >= 0.6 is 0 Å². The normalized spacial score (nSPS) is 12.0. The number of rotatable bonds is 4.